The van der Waals surface area contributed by atoms with E-state index < -0.39 is 0 Å². The highest BCUT2D eigenvalue weighted by atomic mass is 79.9. The molecule has 2 nitrogen and oxygen atoms in total. The smallest absolute Gasteiger partial charge is 0.0343 e. The van der Waals surface area contributed by atoms with Gasteiger partial charge in [-0.2, -0.15) is 0 Å². The van der Waals surface area contributed by atoms with Crippen LogP contribution in [-0.4, -0.2) is 25.0 Å². The number of hydrogen-bond donors (Lipinski definition) is 1. The molecule has 0 fully saturated rings. The molecule has 0 aliphatic carbocycles. The maximum Gasteiger partial charge on any atom is 0.0343 e. The number of nitrogens with zero attached hydrogens (tertiary/aromatic N) is 1. The number of aryl methyl sites for hydroxylation is 1. The van der Waals surface area contributed by atoms with Crippen LogP contribution in [-0.2, 0) is 6.54 Å². The van der Waals surface area contributed by atoms with Crippen LogP contribution in [0.1, 0.15) is 10.4 Å². The van der Waals surface area contributed by atoms with Crippen LogP contribution in [0.4, 0.5) is 5.69 Å². The van der Waals surface area contributed by atoms with Crippen molar-refractivity contribution in [3.8, 4) is 0 Å². The maximum atomic E-state index is 3.49. The van der Waals surface area contributed by atoms with Crippen LogP contribution in [0.2, 0.25) is 0 Å². The molecule has 2 aromatic rings. The number of anilines is 1. The van der Waals surface area contributed by atoms with Gasteiger partial charge in [0.25, 0.3) is 0 Å². The van der Waals surface area contributed by atoms with Crippen molar-refractivity contribution < 1.29 is 0 Å². The quantitative estimate of drug-likeness (QED) is 0.841. The highest BCUT2D eigenvalue weighted by molar-refractivity contribution is 9.10. The van der Waals surface area contributed by atoms with Crippen molar-refractivity contribution in [2.45, 2.75) is 13.5 Å². The summed E-state index contributed by atoms with van der Waals surface area (Å²) in [7, 11) is 2.16. The summed E-state index contributed by atoms with van der Waals surface area (Å²) >= 11 is 5.29. The molecule has 2 rings (SSSR count). The van der Waals surface area contributed by atoms with E-state index in [9.17, 15) is 0 Å². The molecule has 1 aromatic carbocycles. The van der Waals surface area contributed by atoms with Crippen molar-refractivity contribution in [3.05, 3.63) is 50.6 Å². The van der Waals surface area contributed by atoms with Gasteiger partial charge in [0.05, 0.1) is 0 Å². The molecule has 0 radical (unpaired) electrons. The maximum absolute atomic E-state index is 3.49. The molecule has 0 unspecified atom stereocenters. The van der Waals surface area contributed by atoms with Gasteiger partial charge in [0.15, 0.2) is 0 Å². The zero-order chi connectivity index (χ0) is 13.7. The van der Waals surface area contributed by atoms with Gasteiger partial charge >= 0.3 is 0 Å². The van der Waals surface area contributed by atoms with Gasteiger partial charge in [-0.05, 0) is 53.7 Å². The lowest BCUT2D eigenvalue weighted by Gasteiger charge is -2.16. The van der Waals surface area contributed by atoms with Crippen LogP contribution in [0.5, 0.6) is 0 Å². The van der Waals surface area contributed by atoms with Gasteiger partial charge in [0, 0.05) is 40.1 Å². The van der Waals surface area contributed by atoms with Gasteiger partial charge in [0.1, 0.15) is 0 Å². The third kappa shape index (κ3) is 4.97. The number of nitrogens with one attached hydrogen (secondary N) is 1. The van der Waals surface area contributed by atoms with Gasteiger partial charge in [-0.15, -0.1) is 11.3 Å². The van der Waals surface area contributed by atoms with Crippen molar-refractivity contribution in [1.82, 2.24) is 4.90 Å². The number of hydrogen-bond acceptors (Lipinski definition) is 3. The third-order valence-electron chi connectivity index (χ3n) is 2.89. The summed E-state index contributed by atoms with van der Waals surface area (Å²) in [6, 6.07) is 10.7. The predicted molar refractivity (Wildman–Crippen MR) is 88.0 cm³/mol. The minimum absolute atomic E-state index is 0.965. The lowest BCUT2D eigenvalue weighted by molar-refractivity contribution is 0.343. The summed E-state index contributed by atoms with van der Waals surface area (Å²) in [5, 5.41) is 5.59. The van der Waals surface area contributed by atoms with Crippen LogP contribution < -0.4 is 5.32 Å². The Morgan fingerprint density at radius 2 is 2.16 bits per heavy atom. The van der Waals surface area contributed by atoms with E-state index in [1.807, 2.05) is 0 Å². The average molecular weight is 339 g/mol. The van der Waals surface area contributed by atoms with E-state index in [4.69, 9.17) is 0 Å². The van der Waals surface area contributed by atoms with E-state index in [0.717, 1.165) is 19.6 Å². The zero-order valence-corrected chi connectivity index (χ0v) is 13.7. The fraction of sp³-hybridized carbons (Fsp3) is 0.333. The van der Waals surface area contributed by atoms with Gasteiger partial charge in [0.2, 0.25) is 0 Å². The Bertz CT molecular complexity index is 524. The molecular formula is C15H19BrN2S. The van der Waals surface area contributed by atoms with Crippen molar-refractivity contribution >= 4 is 33.0 Å². The fourth-order valence-corrected chi connectivity index (χ4v) is 3.46. The normalized spacial score (nSPS) is 10.9. The Balaban J connectivity index is 1.73. The molecule has 0 aliphatic rings. The number of benzene rings is 1. The zero-order valence-electron chi connectivity index (χ0n) is 11.3. The number of likely N-dealkylation sites (N-methyl/N-ethyl adjacent to an activating group) is 1. The first-order valence-corrected chi connectivity index (χ1v) is 8.03. The monoisotopic (exact) mass is 338 g/mol. The van der Waals surface area contributed by atoms with E-state index >= 15 is 0 Å². The molecule has 0 bridgehead atoms. The lowest BCUT2D eigenvalue weighted by atomic mass is 10.2. The number of rotatable bonds is 6. The molecule has 4 heteroatoms. The second-order valence-electron chi connectivity index (χ2n) is 4.77. The first kappa shape index (κ1) is 14.6. The van der Waals surface area contributed by atoms with Gasteiger partial charge < -0.3 is 5.32 Å². The highest BCUT2D eigenvalue weighted by Crippen LogP contribution is 2.20. The van der Waals surface area contributed by atoms with Crippen LogP contribution >= 0.6 is 27.3 Å². The Hall–Kier alpha value is -0.840. The van der Waals surface area contributed by atoms with E-state index in [0.29, 0.717) is 0 Å². The van der Waals surface area contributed by atoms with Crippen LogP contribution in [0.3, 0.4) is 0 Å². The van der Waals surface area contributed by atoms with Gasteiger partial charge in [-0.3, -0.25) is 4.90 Å². The molecule has 19 heavy (non-hydrogen) atoms. The van der Waals surface area contributed by atoms with Crippen molar-refractivity contribution in [2.24, 2.45) is 0 Å². The van der Waals surface area contributed by atoms with Crippen molar-refractivity contribution in [2.75, 3.05) is 25.5 Å². The fourth-order valence-electron chi connectivity index (χ4n) is 1.93. The lowest BCUT2D eigenvalue weighted by Crippen LogP contribution is -2.24. The van der Waals surface area contributed by atoms with E-state index in [1.54, 1.807) is 11.3 Å². The van der Waals surface area contributed by atoms with Gasteiger partial charge in [-0.1, -0.05) is 12.1 Å². The van der Waals surface area contributed by atoms with Gasteiger partial charge in [-0.25, -0.2) is 0 Å². The minimum Gasteiger partial charge on any atom is -0.384 e. The molecule has 0 aliphatic heterocycles. The molecule has 0 saturated carbocycles. The third-order valence-corrected chi connectivity index (χ3v) is 4.57. The Labute approximate surface area is 127 Å². The van der Waals surface area contributed by atoms with Crippen LogP contribution in [0.25, 0.3) is 0 Å². The Kier molecular flexibility index (Phi) is 5.43. The van der Waals surface area contributed by atoms with Crippen molar-refractivity contribution in [3.63, 3.8) is 0 Å². The number of thiophene rings is 1. The van der Waals surface area contributed by atoms with Crippen molar-refractivity contribution in [1.29, 1.82) is 0 Å². The second kappa shape index (κ2) is 7.08. The summed E-state index contributed by atoms with van der Waals surface area (Å²) in [6.45, 7) is 5.12. The van der Waals surface area contributed by atoms with E-state index in [-0.39, 0.29) is 0 Å². The SMILES string of the molecule is Cc1cccc(NCCN(C)Cc2cc(Br)cs2)c1. The Morgan fingerprint density at radius 1 is 1.32 bits per heavy atom. The molecule has 1 N–H and O–H groups in total. The second-order valence-corrected chi connectivity index (χ2v) is 6.68. The summed E-state index contributed by atoms with van der Waals surface area (Å²) in [5.74, 6) is 0. The number of halogens is 1. The first-order chi connectivity index (χ1) is 9.13. The molecule has 1 heterocycles. The predicted octanol–water partition coefficient (Wildman–Crippen LogP) is 4.36. The molecule has 0 saturated heterocycles. The molecule has 102 valence electrons. The highest BCUT2D eigenvalue weighted by Gasteiger charge is 2.02. The van der Waals surface area contributed by atoms with E-state index in [2.05, 4.69) is 75.8 Å². The topological polar surface area (TPSA) is 15.3 Å². The standard InChI is InChI=1S/C15H19BrN2S/c1-12-4-3-5-14(8-12)17-6-7-18(2)10-15-9-13(16)11-19-15/h3-5,8-9,11,17H,6-7,10H2,1-2H3. The molecule has 0 amide bonds. The van der Waals surface area contributed by atoms with E-state index in [1.165, 1.54) is 20.6 Å². The summed E-state index contributed by atoms with van der Waals surface area (Å²) in [5.41, 5.74) is 2.49. The summed E-state index contributed by atoms with van der Waals surface area (Å²) < 4.78 is 1.18. The summed E-state index contributed by atoms with van der Waals surface area (Å²) in [4.78, 5) is 3.73. The molecular weight excluding hydrogens is 320 g/mol. The molecule has 0 atom stereocenters. The first-order valence-electron chi connectivity index (χ1n) is 6.35. The van der Waals surface area contributed by atoms with Crippen LogP contribution in [0, 0.1) is 6.92 Å². The summed E-state index contributed by atoms with van der Waals surface area (Å²) in [6.07, 6.45) is 0. The minimum atomic E-state index is 0.965. The van der Waals surface area contributed by atoms with Crippen LogP contribution in [0.15, 0.2) is 40.2 Å². The Morgan fingerprint density at radius 3 is 2.84 bits per heavy atom. The molecule has 0 spiro atoms. The largest absolute Gasteiger partial charge is 0.384 e. The molecule has 1 aromatic heterocycles. The average Bonchev–Trinajstić information content (AvgIpc) is 2.75.